The van der Waals surface area contributed by atoms with Crippen LogP contribution in [0.2, 0.25) is 0 Å². The Bertz CT molecular complexity index is 337. The number of nitriles is 1. The summed E-state index contributed by atoms with van der Waals surface area (Å²) in [5.41, 5.74) is 0. The topological polar surface area (TPSA) is 84.6 Å². The molecule has 0 aliphatic carbocycles. The Kier molecular flexibility index (Phi) is 4.91. The third kappa shape index (κ3) is 4.04. The van der Waals surface area contributed by atoms with E-state index >= 15 is 0 Å². The Morgan fingerprint density at radius 1 is 1.59 bits per heavy atom. The molecule has 1 N–H and O–H groups in total. The monoisotopic (exact) mass is 239 g/mol. The highest BCUT2D eigenvalue weighted by Gasteiger charge is 2.29. The van der Waals surface area contributed by atoms with Crippen molar-refractivity contribution in [1.82, 2.24) is 9.80 Å². The molecule has 1 aliphatic rings. The number of likely N-dealkylation sites (tertiary alicyclic amines) is 1. The summed E-state index contributed by atoms with van der Waals surface area (Å²) >= 11 is 0. The van der Waals surface area contributed by atoms with Gasteiger partial charge in [0.1, 0.15) is 0 Å². The molecule has 1 heterocycles. The van der Waals surface area contributed by atoms with Gasteiger partial charge >= 0.3 is 5.97 Å². The van der Waals surface area contributed by atoms with Gasteiger partial charge in [-0.05, 0) is 13.0 Å². The zero-order chi connectivity index (χ0) is 12.8. The Balaban J connectivity index is 2.33. The standard InChI is InChI=1S/C11H17N3O3/c1-13(5-2-4-12)10(15)8-14-6-3-9(7-14)11(16)17/h9H,2-3,5-8H2,1H3,(H,16,17). The van der Waals surface area contributed by atoms with Crippen molar-refractivity contribution < 1.29 is 14.7 Å². The van der Waals surface area contributed by atoms with Crippen LogP contribution in [0.3, 0.4) is 0 Å². The van der Waals surface area contributed by atoms with E-state index in [1.54, 1.807) is 7.05 Å². The van der Waals surface area contributed by atoms with Gasteiger partial charge in [0.15, 0.2) is 0 Å². The molecule has 1 fully saturated rings. The molecule has 0 aromatic carbocycles. The second-order valence-corrected chi connectivity index (χ2v) is 4.28. The number of carbonyl (C=O) groups is 2. The molecule has 1 amide bonds. The molecule has 1 unspecified atom stereocenters. The lowest BCUT2D eigenvalue weighted by atomic mass is 10.1. The maximum atomic E-state index is 11.7. The molecule has 1 aliphatic heterocycles. The number of hydrogen-bond donors (Lipinski definition) is 1. The van der Waals surface area contributed by atoms with Gasteiger partial charge in [-0.25, -0.2) is 0 Å². The van der Waals surface area contributed by atoms with Crippen LogP contribution < -0.4 is 0 Å². The lowest BCUT2D eigenvalue weighted by Gasteiger charge is -2.20. The minimum Gasteiger partial charge on any atom is -0.481 e. The number of carboxylic acid groups (broad SMARTS) is 1. The normalized spacial score (nSPS) is 19.9. The van der Waals surface area contributed by atoms with E-state index in [4.69, 9.17) is 10.4 Å². The second kappa shape index (κ2) is 6.21. The largest absolute Gasteiger partial charge is 0.481 e. The molecule has 6 nitrogen and oxygen atoms in total. The first-order chi connectivity index (χ1) is 8.04. The number of rotatable bonds is 5. The Hall–Kier alpha value is -1.61. The predicted molar refractivity (Wildman–Crippen MR) is 60.0 cm³/mol. The van der Waals surface area contributed by atoms with Gasteiger partial charge in [-0.3, -0.25) is 14.5 Å². The number of carbonyl (C=O) groups excluding carboxylic acids is 1. The number of likely N-dealkylation sites (N-methyl/N-ethyl adjacent to an activating group) is 1. The van der Waals surface area contributed by atoms with Gasteiger partial charge in [-0.1, -0.05) is 0 Å². The van der Waals surface area contributed by atoms with Gasteiger partial charge in [0.05, 0.1) is 25.0 Å². The fourth-order valence-corrected chi connectivity index (χ4v) is 1.83. The average Bonchev–Trinajstić information content (AvgIpc) is 2.74. The van der Waals surface area contributed by atoms with E-state index in [1.165, 1.54) is 4.90 Å². The predicted octanol–water partition coefficient (Wildman–Crippen LogP) is -0.235. The molecule has 0 radical (unpaired) electrons. The van der Waals surface area contributed by atoms with Gasteiger partial charge in [0.25, 0.3) is 0 Å². The zero-order valence-corrected chi connectivity index (χ0v) is 9.93. The maximum Gasteiger partial charge on any atom is 0.307 e. The van der Waals surface area contributed by atoms with E-state index < -0.39 is 5.97 Å². The van der Waals surface area contributed by atoms with Crippen LogP contribution in [-0.2, 0) is 9.59 Å². The van der Waals surface area contributed by atoms with Crippen molar-refractivity contribution in [3.63, 3.8) is 0 Å². The van der Waals surface area contributed by atoms with Crippen LogP contribution in [0.25, 0.3) is 0 Å². The zero-order valence-electron chi connectivity index (χ0n) is 9.93. The van der Waals surface area contributed by atoms with E-state index in [-0.39, 0.29) is 18.4 Å². The Labute approximate surface area is 100 Å². The van der Waals surface area contributed by atoms with Crippen LogP contribution in [0.15, 0.2) is 0 Å². The van der Waals surface area contributed by atoms with Crippen molar-refractivity contribution in [3.8, 4) is 6.07 Å². The highest BCUT2D eigenvalue weighted by molar-refractivity contribution is 5.78. The van der Waals surface area contributed by atoms with Crippen LogP contribution in [-0.4, -0.2) is 60.0 Å². The van der Waals surface area contributed by atoms with Crippen molar-refractivity contribution in [2.75, 3.05) is 33.2 Å². The minimum absolute atomic E-state index is 0.0636. The molecule has 0 aromatic rings. The molecule has 0 aromatic heterocycles. The third-order valence-electron chi connectivity index (χ3n) is 2.97. The molecule has 0 saturated carbocycles. The van der Waals surface area contributed by atoms with Gasteiger partial charge in [-0.2, -0.15) is 5.26 Å². The summed E-state index contributed by atoms with van der Waals surface area (Å²) in [6, 6.07) is 1.98. The summed E-state index contributed by atoms with van der Waals surface area (Å²) < 4.78 is 0. The molecule has 94 valence electrons. The van der Waals surface area contributed by atoms with Crippen LogP contribution in [0.4, 0.5) is 0 Å². The first-order valence-corrected chi connectivity index (χ1v) is 5.60. The fourth-order valence-electron chi connectivity index (χ4n) is 1.83. The fraction of sp³-hybridized carbons (Fsp3) is 0.727. The number of amides is 1. The summed E-state index contributed by atoms with van der Waals surface area (Å²) in [6.07, 6.45) is 0.921. The van der Waals surface area contributed by atoms with E-state index in [9.17, 15) is 9.59 Å². The molecule has 0 spiro atoms. The average molecular weight is 239 g/mol. The van der Waals surface area contributed by atoms with E-state index in [0.29, 0.717) is 32.5 Å². The highest BCUT2D eigenvalue weighted by atomic mass is 16.4. The molecular weight excluding hydrogens is 222 g/mol. The maximum absolute atomic E-state index is 11.7. The number of hydrogen-bond acceptors (Lipinski definition) is 4. The van der Waals surface area contributed by atoms with Crippen molar-refractivity contribution >= 4 is 11.9 Å². The number of carboxylic acids is 1. The molecular formula is C11H17N3O3. The lowest BCUT2D eigenvalue weighted by Crippen LogP contribution is -2.38. The molecule has 6 heteroatoms. The van der Waals surface area contributed by atoms with Crippen molar-refractivity contribution in [1.29, 1.82) is 5.26 Å². The van der Waals surface area contributed by atoms with Crippen LogP contribution in [0, 0.1) is 17.2 Å². The number of nitrogens with zero attached hydrogens (tertiary/aromatic N) is 3. The SMILES string of the molecule is CN(CCC#N)C(=O)CN1CCC(C(=O)O)C1. The first kappa shape index (κ1) is 13.5. The molecule has 0 bridgehead atoms. The van der Waals surface area contributed by atoms with Crippen molar-refractivity contribution in [3.05, 3.63) is 0 Å². The summed E-state index contributed by atoms with van der Waals surface area (Å²) in [6.45, 7) is 1.75. The quantitative estimate of drug-likeness (QED) is 0.716. The minimum atomic E-state index is -0.794. The van der Waals surface area contributed by atoms with E-state index in [0.717, 1.165) is 0 Å². The number of aliphatic carboxylic acids is 1. The smallest absolute Gasteiger partial charge is 0.307 e. The molecule has 1 saturated heterocycles. The first-order valence-electron chi connectivity index (χ1n) is 5.60. The van der Waals surface area contributed by atoms with Crippen LogP contribution in [0.1, 0.15) is 12.8 Å². The Morgan fingerprint density at radius 3 is 2.82 bits per heavy atom. The van der Waals surface area contributed by atoms with Gasteiger partial charge < -0.3 is 10.0 Å². The van der Waals surface area contributed by atoms with Gasteiger partial charge in [0, 0.05) is 20.1 Å². The summed E-state index contributed by atoms with van der Waals surface area (Å²) in [7, 11) is 1.66. The van der Waals surface area contributed by atoms with Gasteiger partial charge in [-0.15, -0.1) is 0 Å². The summed E-state index contributed by atoms with van der Waals surface area (Å²) in [4.78, 5) is 25.8. The van der Waals surface area contributed by atoms with Crippen molar-refractivity contribution in [2.24, 2.45) is 5.92 Å². The van der Waals surface area contributed by atoms with E-state index in [2.05, 4.69) is 0 Å². The molecule has 17 heavy (non-hydrogen) atoms. The van der Waals surface area contributed by atoms with Gasteiger partial charge in [0.2, 0.25) is 5.91 Å². The van der Waals surface area contributed by atoms with E-state index in [1.807, 2.05) is 11.0 Å². The summed E-state index contributed by atoms with van der Waals surface area (Å²) in [5.74, 6) is -1.21. The third-order valence-corrected chi connectivity index (χ3v) is 2.97. The van der Waals surface area contributed by atoms with Crippen LogP contribution in [0.5, 0.6) is 0 Å². The highest BCUT2D eigenvalue weighted by Crippen LogP contribution is 2.15. The summed E-state index contributed by atoms with van der Waals surface area (Å²) in [5, 5.41) is 17.2. The lowest BCUT2D eigenvalue weighted by molar-refractivity contribution is -0.141. The van der Waals surface area contributed by atoms with Crippen molar-refractivity contribution in [2.45, 2.75) is 12.8 Å². The second-order valence-electron chi connectivity index (χ2n) is 4.28. The van der Waals surface area contributed by atoms with Crippen LogP contribution >= 0.6 is 0 Å². The molecule has 1 atom stereocenters. The Morgan fingerprint density at radius 2 is 2.29 bits per heavy atom. The molecule has 1 rings (SSSR count).